The molecule has 220 valence electrons. The van der Waals surface area contributed by atoms with Gasteiger partial charge in [-0.3, -0.25) is 23.5 Å². The number of piperidine rings is 1. The molecular weight excluding hydrogens is 534 g/mol. The van der Waals surface area contributed by atoms with Crippen LogP contribution in [0.4, 0.5) is 11.6 Å². The fourth-order valence-corrected chi connectivity index (χ4v) is 6.31. The topological polar surface area (TPSA) is 137 Å². The van der Waals surface area contributed by atoms with E-state index in [4.69, 9.17) is 10.7 Å². The van der Waals surface area contributed by atoms with E-state index in [-0.39, 0.29) is 17.5 Å². The fraction of sp³-hybridized carbons (Fsp3) is 0.452. The number of aryl methyl sites for hydroxylation is 1. The molecule has 1 aliphatic heterocycles. The van der Waals surface area contributed by atoms with Gasteiger partial charge in [-0.1, -0.05) is 29.9 Å². The number of fused-ring (bicyclic) bond motifs is 1. The highest BCUT2D eigenvalue weighted by atomic mass is 16.2. The summed E-state index contributed by atoms with van der Waals surface area (Å²) < 4.78 is 4.23. The van der Waals surface area contributed by atoms with Crippen molar-refractivity contribution in [2.75, 3.05) is 23.3 Å². The minimum absolute atomic E-state index is 0.00123. The number of amides is 1. The Morgan fingerprint density at radius 3 is 2.57 bits per heavy atom. The number of anilines is 2. The quantitative estimate of drug-likeness (QED) is 0.313. The van der Waals surface area contributed by atoms with E-state index in [1.807, 2.05) is 10.6 Å². The molecule has 2 aliphatic carbocycles. The van der Waals surface area contributed by atoms with E-state index in [0.717, 1.165) is 56.1 Å². The van der Waals surface area contributed by atoms with Crippen LogP contribution in [0.5, 0.6) is 0 Å². The molecule has 0 saturated carbocycles. The molecule has 1 saturated heterocycles. The highest BCUT2D eigenvalue weighted by Crippen LogP contribution is 2.27. The van der Waals surface area contributed by atoms with Gasteiger partial charge in [0.2, 0.25) is 5.95 Å². The number of allylic oxidation sites excluding steroid dienone is 3. The number of nitrogens with one attached hydrogen (secondary N) is 1. The number of hydrogen-bond acceptors (Lipinski definition) is 7. The van der Waals surface area contributed by atoms with Crippen molar-refractivity contribution < 1.29 is 9.59 Å². The molecule has 11 nitrogen and oxygen atoms in total. The number of benzene rings is 1. The zero-order valence-electron chi connectivity index (χ0n) is 24.0. The Hall–Kier alpha value is -4.25. The monoisotopic (exact) mass is 571 g/mol. The summed E-state index contributed by atoms with van der Waals surface area (Å²) in [6.07, 6.45) is 11.4. The summed E-state index contributed by atoms with van der Waals surface area (Å²) in [6.45, 7) is 1.40. The minimum atomic E-state index is -0.620. The molecule has 1 amide bonds. The van der Waals surface area contributed by atoms with Gasteiger partial charge in [0, 0.05) is 43.9 Å². The first-order chi connectivity index (χ1) is 20.3. The number of rotatable bonds is 8. The molecule has 1 aromatic carbocycles. The van der Waals surface area contributed by atoms with Crippen molar-refractivity contribution in [1.29, 1.82) is 0 Å². The number of nitrogens with two attached hydrogens (primary N) is 1. The van der Waals surface area contributed by atoms with E-state index < -0.39 is 23.6 Å². The van der Waals surface area contributed by atoms with E-state index in [9.17, 15) is 19.2 Å². The Labute approximate surface area is 243 Å². The van der Waals surface area contributed by atoms with Crippen LogP contribution in [-0.4, -0.2) is 49.5 Å². The summed E-state index contributed by atoms with van der Waals surface area (Å²) in [5.74, 6) is -0.0626. The highest BCUT2D eigenvalue weighted by molar-refractivity contribution is 6.09. The molecule has 3 aromatic rings. The van der Waals surface area contributed by atoms with Gasteiger partial charge >= 0.3 is 5.69 Å². The Balaban J connectivity index is 1.40. The summed E-state index contributed by atoms with van der Waals surface area (Å²) in [5.41, 5.74) is 8.21. The van der Waals surface area contributed by atoms with Crippen LogP contribution in [0, 0.1) is 0 Å². The zero-order chi connectivity index (χ0) is 29.4. The van der Waals surface area contributed by atoms with E-state index in [1.165, 1.54) is 10.1 Å². The van der Waals surface area contributed by atoms with Crippen molar-refractivity contribution in [1.82, 2.24) is 18.7 Å². The largest absolute Gasteiger partial charge is 0.341 e. The van der Waals surface area contributed by atoms with Gasteiger partial charge in [-0.2, -0.15) is 4.98 Å². The maximum atomic E-state index is 14.1. The number of ketones is 1. The molecule has 1 fully saturated rings. The van der Waals surface area contributed by atoms with Crippen molar-refractivity contribution in [2.45, 2.75) is 70.5 Å². The van der Waals surface area contributed by atoms with Crippen LogP contribution in [0.1, 0.15) is 61.7 Å². The van der Waals surface area contributed by atoms with Crippen LogP contribution >= 0.6 is 0 Å². The van der Waals surface area contributed by atoms with Crippen molar-refractivity contribution >= 4 is 34.5 Å². The SMILES string of the molecule is Cn1c(=O)n(CC(=O)c2ccccc2NC(=O)C2=CCCC2)c(=O)c2c1nc(N1CCCC(N)C1)n2CC1=CCCC1. The first-order valence-corrected chi connectivity index (χ1v) is 14.8. The normalized spacial score (nSPS) is 18.8. The van der Waals surface area contributed by atoms with Crippen LogP contribution in [0.3, 0.4) is 0 Å². The Bertz CT molecular complexity index is 1740. The number of para-hydroxylation sites is 1. The van der Waals surface area contributed by atoms with Crippen LogP contribution in [-0.2, 0) is 24.9 Å². The summed E-state index contributed by atoms with van der Waals surface area (Å²) >= 11 is 0. The molecule has 11 heteroatoms. The average molecular weight is 572 g/mol. The van der Waals surface area contributed by atoms with Gasteiger partial charge in [-0.25, -0.2) is 4.79 Å². The van der Waals surface area contributed by atoms with Gasteiger partial charge in [0.05, 0.1) is 12.2 Å². The van der Waals surface area contributed by atoms with Gasteiger partial charge in [0.1, 0.15) is 0 Å². The molecule has 6 rings (SSSR count). The van der Waals surface area contributed by atoms with E-state index in [1.54, 1.807) is 31.3 Å². The van der Waals surface area contributed by atoms with Gasteiger partial charge in [-0.15, -0.1) is 0 Å². The van der Waals surface area contributed by atoms with Gasteiger partial charge in [0.15, 0.2) is 16.9 Å². The number of imidazole rings is 1. The van der Waals surface area contributed by atoms with Gasteiger partial charge < -0.3 is 20.5 Å². The second-order valence-corrected chi connectivity index (χ2v) is 11.6. The predicted octanol–water partition coefficient (Wildman–Crippen LogP) is 2.87. The number of carbonyl (C=O) groups is 2. The Morgan fingerprint density at radius 2 is 1.83 bits per heavy atom. The van der Waals surface area contributed by atoms with Crippen LogP contribution in [0.2, 0.25) is 0 Å². The lowest BCUT2D eigenvalue weighted by molar-refractivity contribution is -0.112. The molecule has 1 atom stereocenters. The maximum Gasteiger partial charge on any atom is 0.332 e. The molecule has 3 N–H and O–H groups in total. The smallest absolute Gasteiger partial charge is 0.332 e. The third-order valence-corrected chi connectivity index (χ3v) is 8.56. The van der Waals surface area contributed by atoms with Crippen molar-refractivity contribution in [3.63, 3.8) is 0 Å². The minimum Gasteiger partial charge on any atom is -0.341 e. The highest BCUT2D eigenvalue weighted by Gasteiger charge is 2.28. The second kappa shape index (κ2) is 11.6. The maximum absolute atomic E-state index is 14.1. The predicted molar refractivity (Wildman–Crippen MR) is 162 cm³/mol. The lowest BCUT2D eigenvalue weighted by Gasteiger charge is -2.32. The number of Topliss-reactive ketones (excluding diaryl/α,β-unsaturated/α-hetero) is 1. The molecule has 1 unspecified atom stereocenters. The molecule has 0 bridgehead atoms. The van der Waals surface area contributed by atoms with Crippen LogP contribution in [0.25, 0.3) is 11.2 Å². The lowest BCUT2D eigenvalue weighted by Crippen LogP contribution is -2.44. The van der Waals surface area contributed by atoms with Gasteiger partial charge in [-0.05, 0) is 63.5 Å². The summed E-state index contributed by atoms with van der Waals surface area (Å²) in [7, 11) is 1.58. The molecule has 2 aromatic heterocycles. The van der Waals surface area contributed by atoms with Crippen molar-refractivity contribution in [2.24, 2.45) is 12.8 Å². The molecule has 3 aliphatic rings. The van der Waals surface area contributed by atoms with Crippen molar-refractivity contribution in [3.8, 4) is 0 Å². The number of aromatic nitrogens is 4. The van der Waals surface area contributed by atoms with Crippen LogP contribution < -0.4 is 27.2 Å². The second-order valence-electron chi connectivity index (χ2n) is 11.6. The summed E-state index contributed by atoms with van der Waals surface area (Å²) in [5, 5.41) is 2.85. The molecular formula is C31H37N7O4. The van der Waals surface area contributed by atoms with E-state index >= 15 is 0 Å². The van der Waals surface area contributed by atoms with Crippen molar-refractivity contribution in [3.05, 3.63) is 74.0 Å². The first kappa shape index (κ1) is 27.9. The summed E-state index contributed by atoms with van der Waals surface area (Å²) in [6, 6.07) is 6.69. The molecule has 0 radical (unpaired) electrons. The first-order valence-electron chi connectivity index (χ1n) is 14.8. The Kier molecular flexibility index (Phi) is 7.68. The molecule has 0 spiro atoms. The van der Waals surface area contributed by atoms with E-state index in [2.05, 4.69) is 16.3 Å². The van der Waals surface area contributed by atoms with Crippen LogP contribution in [0.15, 0.2) is 57.2 Å². The number of carbonyl (C=O) groups excluding carboxylic acids is 2. The summed E-state index contributed by atoms with van der Waals surface area (Å²) in [4.78, 5) is 60.8. The lowest BCUT2D eigenvalue weighted by atomic mass is 10.1. The number of nitrogens with zero attached hydrogens (tertiary/aromatic N) is 5. The standard InChI is InChI=1S/C31H37N7O4/c1-35-27-26(37(17-20-9-2-3-10-20)30(34-27)36-16-8-13-22(32)18-36)29(41)38(31(35)42)19-25(39)23-14-6-7-15-24(23)33-28(40)21-11-4-5-12-21/h6-7,9,11,14-15,22H,2-5,8,10,12-13,16-19,32H2,1H3,(H,33,40). The zero-order valence-corrected chi connectivity index (χ0v) is 24.0. The third-order valence-electron chi connectivity index (χ3n) is 8.56. The molecule has 3 heterocycles. The molecule has 42 heavy (non-hydrogen) atoms. The third kappa shape index (κ3) is 5.24. The fourth-order valence-electron chi connectivity index (χ4n) is 6.31. The Morgan fingerprint density at radius 1 is 1.05 bits per heavy atom. The number of hydrogen-bond donors (Lipinski definition) is 2. The average Bonchev–Trinajstić information content (AvgIpc) is 3.77. The van der Waals surface area contributed by atoms with E-state index in [0.29, 0.717) is 47.9 Å². The van der Waals surface area contributed by atoms with Gasteiger partial charge in [0.25, 0.3) is 11.5 Å².